The van der Waals surface area contributed by atoms with E-state index in [1.165, 1.54) is 0 Å². The number of allylic oxidation sites excluding steroid dienone is 5. The van der Waals surface area contributed by atoms with Gasteiger partial charge in [0.2, 0.25) is 0 Å². The van der Waals surface area contributed by atoms with Gasteiger partial charge in [-0.05, 0) is 46.6 Å². The molecule has 0 aromatic heterocycles. The van der Waals surface area contributed by atoms with Gasteiger partial charge in [-0.3, -0.25) is 0 Å². The molecule has 0 spiro atoms. The van der Waals surface area contributed by atoms with Gasteiger partial charge in [-0.15, -0.1) is 0 Å². The molecule has 4 N–H and O–H groups in total. The quantitative estimate of drug-likeness (QED) is 0.0555. The summed E-state index contributed by atoms with van der Waals surface area (Å²) in [4.78, 5) is 2.25. The monoisotopic (exact) mass is 978 g/mol. The average Bonchev–Trinajstić information content (AvgIpc) is 3.38. The molecule has 1 aliphatic rings. The van der Waals surface area contributed by atoms with Crippen LogP contribution in [0.1, 0.15) is 11.1 Å². The SMILES string of the molecule is OCCOCCOCCOCCN(CCOCCOCCOCCO)c1ccc(C(=C2C=CC(=[N+](CCOCCOCCOCCO)CCOCCOCCOCCO)C=C2)c2ccccc2)cc1. The fourth-order valence-electron chi connectivity index (χ4n) is 6.65. The number of benzene rings is 2. The predicted octanol–water partition coefficient (Wildman–Crippen LogP) is 2.04. The fraction of sp³-hybridized carbons (Fsp3) is 0.627. The van der Waals surface area contributed by atoms with Crippen LogP contribution in [-0.2, 0) is 56.8 Å². The van der Waals surface area contributed by atoms with Crippen molar-refractivity contribution in [2.45, 2.75) is 0 Å². The van der Waals surface area contributed by atoms with Crippen LogP contribution in [0, 0.1) is 0 Å². The van der Waals surface area contributed by atoms with Crippen molar-refractivity contribution in [2.24, 2.45) is 0 Å². The Morgan fingerprint density at radius 1 is 0.348 bits per heavy atom. The van der Waals surface area contributed by atoms with Crippen molar-refractivity contribution in [3.8, 4) is 0 Å². The van der Waals surface area contributed by atoms with E-state index in [-0.39, 0.29) is 26.4 Å². The number of ether oxygens (including phenoxy) is 12. The standard InChI is InChI=1S/C51H81N2O16/c54-18-26-62-34-42-66-38-30-58-22-14-52(15-23-59-31-39-67-43-35-63-27-19-55)49-10-6-47(7-11-49)51(46-4-2-1-3-5-46)48-8-12-50(13-9-48)53(16-24-60-32-40-68-44-36-64-28-20-56)17-25-61-33-41-69-45-37-65-29-21-57/h1-13,54-57H,14-45H2/q+1. The summed E-state index contributed by atoms with van der Waals surface area (Å²) in [5, 5.41) is 35.4. The van der Waals surface area contributed by atoms with E-state index in [2.05, 4.69) is 82.3 Å². The lowest BCUT2D eigenvalue weighted by Gasteiger charge is -2.25. The van der Waals surface area contributed by atoms with Gasteiger partial charge < -0.3 is 82.2 Å². The van der Waals surface area contributed by atoms with Crippen LogP contribution in [0.5, 0.6) is 0 Å². The molecular formula is C51H81N2O16+. The van der Waals surface area contributed by atoms with E-state index < -0.39 is 0 Å². The molecule has 0 aliphatic heterocycles. The Morgan fingerprint density at radius 2 is 0.667 bits per heavy atom. The highest BCUT2D eigenvalue weighted by Crippen LogP contribution is 2.31. The Bertz CT molecular complexity index is 1560. The van der Waals surface area contributed by atoms with Gasteiger partial charge in [-0.2, -0.15) is 0 Å². The Balaban J connectivity index is 1.71. The van der Waals surface area contributed by atoms with E-state index in [4.69, 9.17) is 77.3 Å². The number of aliphatic hydroxyl groups excluding tert-OH is 4. The minimum atomic E-state index is -0.00767. The Hall–Kier alpha value is -3.51. The van der Waals surface area contributed by atoms with Crippen LogP contribution in [0.4, 0.5) is 5.69 Å². The van der Waals surface area contributed by atoms with Gasteiger partial charge in [0.15, 0.2) is 18.8 Å². The molecule has 18 heteroatoms. The first-order valence-corrected chi connectivity index (χ1v) is 24.2. The lowest BCUT2D eigenvalue weighted by atomic mass is 9.90. The normalized spacial score (nSPS) is 12.4. The maximum absolute atomic E-state index is 8.86. The van der Waals surface area contributed by atoms with Crippen LogP contribution in [0.3, 0.4) is 0 Å². The zero-order valence-corrected chi connectivity index (χ0v) is 40.7. The first-order chi connectivity index (χ1) is 34.2. The van der Waals surface area contributed by atoms with Gasteiger partial charge in [-0.1, -0.05) is 42.5 Å². The van der Waals surface area contributed by atoms with E-state index in [1.54, 1.807) is 0 Å². The molecule has 0 saturated carbocycles. The molecule has 0 saturated heterocycles. The molecule has 69 heavy (non-hydrogen) atoms. The molecule has 0 radical (unpaired) electrons. The number of rotatable bonds is 47. The van der Waals surface area contributed by atoms with Crippen LogP contribution < -0.4 is 4.90 Å². The Morgan fingerprint density at radius 3 is 1.03 bits per heavy atom. The summed E-state index contributed by atoms with van der Waals surface area (Å²) in [6, 6.07) is 19.0. The smallest absolute Gasteiger partial charge is 0.200 e. The Kier molecular flexibility index (Phi) is 37.5. The van der Waals surface area contributed by atoms with Gasteiger partial charge in [0, 0.05) is 30.9 Å². The lowest BCUT2D eigenvalue weighted by molar-refractivity contribution is -0.532. The number of aliphatic hydroxyl groups is 4. The molecular weight excluding hydrogens is 897 g/mol. The number of hydrogen-bond acceptors (Lipinski definition) is 17. The number of anilines is 1. The first kappa shape index (κ1) is 59.8. The molecule has 2 aromatic carbocycles. The lowest BCUT2D eigenvalue weighted by Crippen LogP contribution is -2.31. The van der Waals surface area contributed by atoms with E-state index >= 15 is 0 Å². The van der Waals surface area contributed by atoms with Crippen LogP contribution in [-0.4, -0.2) is 242 Å². The van der Waals surface area contributed by atoms with Gasteiger partial charge in [0.25, 0.3) is 0 Å². The summed E-state index contributed by atoms with van der Waals surface area (Å²) >= 11 is 0. The van der Waals surface area contributed by atoms with Crippen molar-refractivity contribution in [1.29, 1.82) is 0 Å². The molecule has 0 unspecified atom stereocenters. The third-order valence-electron chi connectivity index (χ3n) is 10.0. The van der Waals surface area contributed by atoms with Crippen molar-refractivity contribution in [2.75, 3.05) is 216 Å². The highest BCUT2D eigenvalue weighted by molar-refractivity contribution is 6.04. The Labute approximate surface area is 409 Å². The van der Waals surface area contributed by atoms with E-state index in [9.17, 15) is 0 Å². The fourth-order valence-corrected chi connectivity index (χ4v) is 6.65. The second-order valence-corrected chi connectivity index (χ2v) is 15.1. The molecule has 0 amide bonds. The minimum absolute atomic E-state index is 0.00767. The maximum atomic E-state index is 8.86. The van der Waals surface area contributed by atoms with Crippen molar-refractivity contribution < 1.29 is 81.8 Å². The van der Waals surface area contributed by atoms with Gasteiger partial charge in [-0.25, -0.2) is 4.58 Å². The van der Waals surface area contributed by atoms with Crippen LogP contribution in [0.25, 0.3) is 5.57 Å². The highest BCUT2D eigenvalue weighted by Gasteiger charge is 2.17. The topological polar surface area (TPSA) is 198 Å². The summed E-state index contributed by atoms with van der Waals surface area (Å²) in [7, 11) is 0. The van der Waals surface area contributed by atoms with E-state index in [1.807, 2.05) is 6.07 Å². The zero-order chi connectivity index (χ0) is 48.9. The summed E-state index contributed by atoms with van der Waals surface area (Å²) < 4.78 is 69.3. The minimum Gasteiger partial charge on any atom is -0.394 e. The summed E-state index contributed by atoms with van der Waals surface area (Å²) in [5.74, 6) is 0. The molecule has 0 atom stereocenters. The largest absolute Gasteiger partial charge is 0.394 e. The second kappa shape index (κ2) is 43.3. The molecule has 0 bridgehead atoms. The highest BCUT2D eigenvalue weighted by atomic mass is 16.6. The van der Waals surface area contributed by atoms with Crippen LogP contribution in [0.2, 0.25) is 0 Å². The molecule has 3 rings (SSSR count). The van der Waals surface area contributed by atoms with Crippen molar-refractivity contribution in [3.63, 3.8) is 0 Å². The van der Waals surface area contributed by atoms with Crippen LogP contribution in [0.15, 0.2) is 84.5 Å². The summed E-state index contributed by atoms with van der Waals surface area (Å²) in [5.41, 5.74) is 6.45. The average molecular weight is 978 g/mol. The van der Waals surface area contributed by atoms with Crippen molar-refractivity contribution >= 4 is 17.0 Å². The molecule has 0 fully saturated rings. The van der Waals surface area contributed by atoms with Gasteiger partial charge in [0.1, 0.15) is 13.2 Å². The molecule has 18 nitrogen and oxygen atoms in total. The molecule has 2 aromatic rings. The van der Waals surface area contributed by atoms with E-state index in [0.29, 0.717) is 185 Å². The van der Waals surface area contributed by atoms with E-state index in [0.717, 1.165) is 33.7 Å². The van der Waals surface area contributed by atoms with Crippen molar-refractivity contribution in [1.82, 2.24) is 0 Å². The number of nitrogens with zero attached hydrogens (tertiary/aromatic N) is 2. The first-order valence-electron chi connectivity index (χ1n) is 24.2. The second-order valence-electron chi connectivity index (χ2n) is 15.1. The van der Waals surface area contributed by atoms with Crippen molar-refractivity contribution in [3.05, 3.63) is 95.6 Å². The van der Waals surface area contributed by atoms with Crippen LogP contribution >= 0.6 is 0 Å². The predicted molar refractivity (Wildman–Crippen MR) is 263 cm³/mol. The van der Waals surface area contributed by atoms with Gasteiger partial charge >= 0.3 is 0 Å². The zero-order valence-electron chi connectivity index (χ0n) is 40.7. The summed E-state index contributed by atoms with van der Waals surface area (Å²) in [6.45, 7) is 12.9. The third-order valence-corrected chi connectivity index (χ3v) is 10.0. The summed E-state index contributed by atoms with van der Waals surface area (Å²) in [6.07, 6.45) is 8.62. The molecule has 0 heterocycles. The molecule has 390 valence electrons. The molecule has 1 aliphatic carbocycles. The number of hydrogen-bond donors (Lipinski definition) is 4. The third kappa shape index (κ3) is 29.4. The van der Waals surface area contributed by atoms with Gasteiger partial charge in [0.05, 0.1) is 172 Å². The maximum Gasteiger partial charge on any atom is 0.200 e.